The number of hydrogen-bond donors (Lipinski definition) is 1. The van der Waals surface area contributed by atoms with Crippen LogP contribution in [0.4, 0.5) is 28.9 Å². The Labute approximate surface area is 126 Å². The second kappa shape index (κ2) is 7.39. The van der Waals surface area contributed by atoms with Gasteiger partial charge in [0.1, 0.15) is 12.2 Å². The molecular weight excluding hydrogens is 326 g/mol. The number of rotatable bonds is 7. The fraction of sp³-hybridized carbons (Fsp3) is 0.333. The van der Waals surface area contributed by atoms with E-state index < -0.39 is 47.6 Å². The number of nitro groups is 1. The van der Waals surface area contributed by atoms with Gasteiger partial charge in [-0.1, -0.05) is 0 Å². The number of benzene rings is 1. The summed E-state index contributed by atoms with van der Waals surface area (Å²) < 4.78 is 54.1. The van der Waals surface area contributed by atoms with Crippen molar-refractivity contribution >= 4 is 17.3 Å². The number of non-ortho nitro benzene ring substituents is 1. The summed E-state index contributed by atoms with van der Waals surface area (Å²) in [6, 6.07) is 4.11. The molecule has 124 valence electrons. The van der Waals surface area contributed by atoms with Crippen molar-refractivity contribution in [2.45, 2.75) is 18.8 Å². The maximum absolute atomic E-state index is 12.8. The van der Waals surface area contributed by atoms with Crippen molar-refractivity contribution in [1.82, 2.24) is 0 Å². The zero-order chi connectivity index (χ0) is 17.6. The summed E-state index contributed by atoms with van der Waals surface area (Å²) in [5, 5.41) is 21.2. The Kier molecular flexibility index (Phi) is 5.83. The Morgan fingerprint density at radius 1 is 1.43 bits per heavy atom. The van der Waals surface area contributed by atoms with Crippen LogP contribution in [0.15, 0.2) is 18.2 Å². The van der Waals surface area contributed by atoms with E-state index in [4.69, 9.17) is 5.26 Å². The van der Waals surface area contributed by atoms with Crippen molar-refractivity contribution < 1.29 is 32.0 Å². The molecule has 0 aliphatic heterocycles. The van der Waals surface area contributed by atoms with E-state index in [9.17, 15) is 32.5 Å². The fourth-order valence-electron chi connectivity index (χ4n) is 1.36. The summed E-state index contributed by atoms with van der Waals surface area (Å²) in [7, 11) is 0. The number of hydrogen-bond acceptors (Lipinski definition) is 5. The molecule has 1 N–H and O–H groups in total. The summed E-state index contributed by atoms with van der Waals surface area (Å²) >= 11 is 0. The van der Waals surface area contributed by atoms with Crippen molar-refractivity contribution in [1.29, 1.82) is 5.26 Å². The van der Waals surface area contributed by atoms with E-state index in [1.54, 1.807) is 0 Å². The number of carbonyl (C=O) groups excluding carboxylic acids is 1. The van der Waals surface area contributed by atoms with Gasteiger partial charge >= 0.3 is 12.3 Å². The molecule has 7 nitrogen and oxygen atoms in total. The number of nitriles is 1. The van der Waals surface area contributed by atoms with Crippen LogP contribution in [0.25, 0.3) is 0 Å². The fourth-order valence-corrected chi connectivity index (χ4v) is 1.36. The number of nitrogens with zero attached hydrogens (tertiary/aromatic N) is 2. The highest BCUT2D eigenvalue weighted by molar-refractivity contribution is 5.92. The molecule has 0 heterocycles. The maximum Gasteiger partial charge on any atom is 0.340 e. The molecular formula is C12H9F4N3O4. The second-order valence-corrected chi connectivity index (χ2v) is 4.21. The van der Waals surface area contributed by atoms with Crippen molar-refractivity contribution in [2.75, 3.05) is 11.9 Å². The normalized spacial score (nSPS) is 11.0. The summed E-state index contributed by atoms with van der Waals surface area (Å²) in [6.45, 7) is -1.70. The van der Waals surface area contributed by atoms with E-state index in [1.165, 1.54) is 6.07 Å². The molecule has 0 aliphatic rings. The van der Waals surface area contributed by atoms with Gasteiger partial charge in [-0.2, -0.15) is 14.0 Å². The van der Waals surface area contributed by atoms with E-state index in [0.717, 1.165) is 18.2 Å². The van der Waals surface area contributed by atoms with Gasteiger partial charge in [-0.25, -0.2) is 8.78 Å². The molecule has 0 bridgehead atoms. The first kappa shape index (κ1) is 18.1. The van der Waals surface area contributed by atoms with E-state index in [0.29, 0.717) is 0 Å². The quantitative estimate of drug-likeness (QED) is 0.468. The molecule has 23 heavy (non-hydrogen) atoms. The third-order valence-electron chi connectivity index (χ3n) is 2.38. The predicted octanol–water partition coefficient (Wildman–Crippen LogP) is 2.73. The van der Waals surface area contributed by atoms with Crippen LogP contribution in [0.3, 0.4) is 0 Å². The van der Waals surface area contributed by atoms with Crippen LogP contribution in [-0.4, -0.2) is 29.8 Å². The van der Waals surface area contributed by atoms with Crippen LogP contribution < -0.4 is 10.1 Å². The first-order chi connectivity index (χ1) is 10.7. The molecule has 0 atom stereocenters. The van der Waals surface area contributed by atoms with Gasteiger partial charge in [0, 0.05) is 12.1 Å². The second-order valence-electron chi connectivity index (χ2n) is 4.21. The van der Waals surface area contributed by atoms with Crippen molar-refractivity contribution in [3.63, 3.8) is 0 Å². The molecule has 0 aromatic heterocycles. The number of alkyl halides is 4. The highest BCUT2D eigenvalue weighted by Gasteiger charge is 2.41. The zero-order valence-corrected chi connectivity index (χ0v) is 11.3. The molecule has 0 radical (unpaired) electrons. The number of amides is 1. The largest absolute Gasteiger partial charge is 0.487 e. The number of halogens is 4. The van der Waals surface area contributed by atoms with Crippen molar-refractivity contribution in [3.8, 4) is 11.8 Å². The molecule has 1 aromatic rings. The third kappa shape index (κ3) is 5.42. The SMILES string of the molecule is N#CCC(=O)Nc1cc(OCC(F)(F)C(F)F)cc([N+](=O)[O-])c1. The monoisotopic (exact) mass is 335 g/mol. The Bertz CT molecular complexity index is 646. The number of anilines is 1. The van der Waals surface area contributed by atoms with Gasteiger partial charge in [0.25, 0.3) is 5.69 Å². The molecule has 1 aromatic carbocycles. The molecule has 0 saturated heterocycles. The van der Waals surface area contributed by atoms with E-state index in [1.807, 2.05) is 0 Å². The summed E-state index contributed by atoms with van der Waals surface area (Å²) in [5.41, 5.74) is -0.815. The number of nitro benzene ring substituents is 1. The smallest absolute Gasteiger partial charge is 0.340 e. The molecule has 11 heteroatoms. The average molecular weight is 335 g/mol. The average Bonchev–Trinajstić information content (AvgIpc) is 2.45. The summed E-state index contributed by atoms with van der Waals surface area (Å²) in [4.78, 5) is 21.1. The van der Waals surface area contributed by atoms with Gasteiger partial charge in [0.2, 0.25) is 5.91 Å². The molecule has 0 aliphatic carbocycles. The molecule has 0 saturated carbocycles. The zero-order valence-electron chi connectivity index (χ0n) is 11.3. The van der Waals surface area contributed by atoms with Gasteiger partial charge in [-0.15, -0.1) is 0 Å². The lowest BCUT2D eigenvalue weighted by Gasteiger charge is -2.16. The Hall–Kier alpha value is -2.90. The van der Waals surface area contributed by atoms with Crippen LogP contribution in [0, 0.1) is 21.4 Å². The van der Waals surface area contributed by atoms with Gasteiger partial charge in [-0.3, -0.25) is 14.9 Å². The van der Waals surface area contributed by atoms with Crippen LogP contribution >= 0.6 is 0 Å². The highest BCUT2D eigenvalue weighted by atomic mass is 19.3. The molecule has 0 fully saturated rings. The lowest BCUT2D eigenvalue weighted by molar-refractivity contribution is -0.384. The third-order valence-corrected chi connectivity index (χ3v) is 2.38. The van der Waals surface area contributed by atoms with E-state index >= 15 is 0 Å². The van der Waals surface area contributed by atoms with Gasteiger partial charge in [0.05, 0.1) is 22.7 Å². The van der Waals surface area contributed by atoms with E-state index in [-0.39, 0.29) is 5.69 Å². The van der Waals surface area contributed by atoms with Crippen LogP contribution in [0.1, 0.15) is 6.42 Å². The molecule has 0 unspecified atom stereocenters. The summed E-state index contributed by atoms with van der Waals surface area (Å²) in [6.07, 6.45) is -4.50. The van der Waals surface area contributed by atoms with Crippen LogP contribution in [0.2, 0.25) is 0 Å². The molecule has 0 spiro atoms. The lowest BCUT2D eigenvalue weighted by atomic mass is 10.2. The predicted molar refractivity (Wildman–Crippen MR) is 68.4 cm³/mol. The van der Waals surface area contributed by atoms with Crippen LogP contribution in [0.5, 0.6) is 5.75 Å². The Morgan fingerprint density at radius 2 is 2.09 bits per heavy atom. The minimum absolute atomic E-state index is 0.199. The van der Waals surface area contributed by atoms with Gasteiger partial charge in [0.15, 0.2) is 6.61 Å². The van der Waals surface area contributed by atoms with E-state index in [2.05, 4.69) is 10.1 Å². The lowest BCUT2D eigenvalue weighted by Crippen LogP contribution is -2.33. The molecule has 1 amide bonds. The number of ether oxygens (including phenoxy) is 1. The van der Waals surface area contributed by atoms with Crippen LogP contribution in [-0.2, 0) is 4.79 Å². The van der Waals surface area contributed by atoms with Crippen molar-refractivity contribution in [2.24, 2.45) is 0 Å². The Balaban J connectivity index is 2.98. The van der Waals surface area contributed by atoms with Gasteiger partial charge < -0.3 is 10.1 Å². The maximum atomic E-state index is 12.8. The Morgan fingerprint density at radius 3 is 2.61 bits per heavy atom. The topological polar surface area (TPSA) is 105 Å². The first-order valence-corrected chi connectivity index (χ1v) is 5.91. The van der Waals surface area contributed by atoms with Gasteiger partial charge in [-0.05, 0) is 0 Å². The minimum Gasteiger partial charge on any atom is -0.487 e. The summed E-state index contributed by atoms with van der Waals surface area (Å²) in [5.74, 6) is -5.74. The minimum atomic E-state index is -4.44. The highest BCUT2D eigenvalue weighted by Crippen LogP contribution is 2.29. The standard InChI is InChI=1S/C12H9F4N3O4/c13-11(14)12(15,16)6-23-9-4-7(18-10(20)1-2-17)3-8(5-9)19(21)22/h3-5,11H,1,6H2,(H,18,20). The first-order valence-electron chi connectivity index (χ1n) is 5.91. The number of carbonyl (C=O) groups is 1. The molecule has 1 rings (SSSR count). The van der Waals surface area contributed by atoms with Crippen molar-refractivity contribution in [3.05, 3.63) is 28.3 Å². The number of nitrogens with one attached hydrogen (secondary N) is 1.